The molecule has 0 aliphatic heterocycles. The van der Waals surface area contributed by atoms with Crippen LogP contribution in [0.4, 0.5) is 0 Å². The molecule has 23 heavy (non-hydrogen) atoms. The number of hydrogen-bond acceptors (Lipinski definition) is 2. The minimum Gasteiger partial charge on any atom is -0.374 e. The van der Waals surface area contributed by atoms with Crippen molar-refractivity contribution < 1.29 is 9.47 Å². The molecule has 2 rings (SSSR count). The Morgan fingerprint density at radius 2 is 1.48 bits per heavy atom. The second-order valence-electron chi connectivity index (χ2n) is 5.55. The molecular weight excluding hydrogens is 284 g/mol. The number of allylic oxidation sites excluding steroid dienone is 1. The Hall–Kier alpha value is -1.90. The number of unbranched alkanes of at least 4 members (excludes halogenated alkanes) is 1. The summed E-state index contributed by atoms with van der Waals surface area (Å²) in [5.41, 5.74) is 2.37. The highest BCUT2D eigenvalue weighted by Gasteiger charge is 2.06. The van der Waals surface area contributed by atoms with E-state index >= 15 is 0 Å². The molecule has 2 aromatic carbocycles. The lowest BCUT2D eigenvalue weighted by Crippen LogP contribution is -2.17. The summed E-state index contributed by atoms with van der Waals surface area (Å²) in [4.78, 5) is 0. The molecular formula is C21H26O2. The van der Waals surface area contributed by atoms with Crippen molar-refractivity contribution in [3.05, 3.63) is 83.9 Å². The van der Waals surface area contributed by atoms with E-state index in [-0.39, 0.29) is 6.10 Å². The van der Waals surface area contributed by atoms with Gasteiger partial charge < -0.3 is 9.47 Å². The first-order valence-electron chi connectivity index (χ1n) is 8.32. The first-order valence-corrected chi connectivity index (χ1v) is 8.32. The molecule has 1 atom stereocenters. The number of ether oxygens (including phenoxy) is 2. The summed E-state index contributed by atoms with van der Waals surface area (Å²) in [5, 5.41) is 0. The highest BCUT2D eigenvalue weighted by molar-refractivity contribution is 5.14. The van der Waals surface area contributed by atoms with Crippen LogP contribution in [0.5, 0.6) is 0 Å². The van der Waals surface area contributed by atoms with E-state index in [9.17, 15) is 0 Å². The van der Waals surface area contributed by atoms with E-state index < -0.39 is 0 Å². The molecule has 0 bridgehead atoms. The summed E-state index contributed by atoms with van der Waals surface area (Å²) in [6.45, 7) is 3.97. The van der Waals surface area contributed by atoms with E-state index in [0.29, 0.717) is 19.8 Å². The lowest BCUT2D eigenvalue weighted by molar-refractivity contribution is -0.00538. The predicted molar refractivity (Wildman–Crippen MR) is 95.2 cm³/mol. The summed E-state index contributed by atoms with van der Waals surface area (Å²) in [6, 6.07) is 20.5. The van der Waals surface area contributed by atoms with Crippen molar-refractivity contribution in [3.8, 4) is 0 Å². The van der Waals surface area contributed by atoms with Gasteiger partial charge in [-0.3, -0.25) is 0 Å². The molecule has 0 aromatic heterocycles. The predicted octanol–water partition coefficient (Wildman–Crippen LogP) is 5.14. The van der Waals surface area contributed by atoms with Crippen LogP contribution in [0.2, 0.25) is 0 Å². The van der Waals surface area contributed by atoms with Crippen LogP contribution in [0, 0.1) is 0 Å². The third-order valence-corrected chi connectivity index (χ3v) is 3.51. The van der Waals surface area contributed by atoms with Crippen molar-refractivity contribution in [1.82, 2.24) is 0 Å². The van der Waals surface area contributed by atoms with Crippen molar-refractivity contribution in [2.45, 2.75) is 39.1 Å². The molecule has 0 saturated carbocycles. The summed E-state index contributed by atoms with van der Waals surface area (Å²) in [7, 11) is 0. The van der Waals surface area contributed by atoms with Gasteiger partial charge in [0.25, 0.3) is 0 Å². The normalized spacial score (nSPS) is 12.6. The van der Waals surface area contributed by atoms with Crippen molar-refractivity contribution in [1.29, 1.82) is 0 Å². The van der Waals surface area contributed by atoms with Crippen LogP contribution in [0.15, 0.2) is 72.8 Å². The lowest BCUT2D eigenvalue weighted by Gasteiger charge is -2.15. The van der Waals surface area contributed by atoms with Gasteiger partial charge in [0.1, 0.15) is 0 Å². The van der Waals surface area contributed by atoms with Crippen LogP contribution in [0.25, 0.3) is 0 Å². The van der Waals surface area contributed by atoms with Crippen LogP contribution >= 0.6 is 0 Å². The zero-order chi connectivity index (χ0) is 16.2. The standard InChI is InChI=1S/C21H26O2/c1-2-3-6-15-21(23-17-20-13-9-5-10-14-20)18-22-16-19-11-7-4-8-12-19/h4-15,21H,2-3,16-18H2,1H3/b15-6-. The van der Waals surface area contributed by atoms with Crippen LogP contribution in [-0.4, -0.2) is 12.7 Å². The molecule has 0 spiro atoms. The maximum absolute atomic E-state index is 6.00. The molecule has 0 aliphatic rings. The summed E-state index contributed by atoms with van der Waals surface area (Å²) >= 11 is 0. The van der Waals surface area contributed by atoms with Gasteiger partial charge in [-0.2, -0.15) is 0 Å². The Bertz CT molecular complexity index is 549. The average Bonchev–Trinajstić information content (AvgIpc) is 2.61. The van der Waals surface area contributed by atoms with Crippen LogP contribution in [-0.2, 0) is 22.7 Å². The van der Waals surface area contributed by atoms with Gasteiger partial charge in [0.15, 0.2) is 0 Å². The third-order valence-electron chi connectivity index (χ3n) is 3.51. The van der Waals surface area contributed by atoms with Crippen LogP contribution in [0.1, 0.15) is 30.9 Å². The minimum absolute atomic E-state index is 0.00883. The summed E-state index contributed by atoms with van der Waals surface area (Å²) in [6.07, 6.45) is 6.51. The van der Waals surface area contributed by atoms with Gasteiger partial charge in [-0.15, -0.1) is 0 Å². The van der Waals surface area contributed by atoms with Gasteiger partial charge >= 0.3 is 0 Å². The minimum atomic E-state index is -0.00883. The largest absolute Gasteiger partial charge is 0.374 e. The average molecular weight is 310 g/mol. The highest BCUT2D eigenvalue weighted by atomic mass is 16.5. The molecule has 0 amide bonds. The first-order chi connectivity index (χ1) is 11.4. The smallest absolute Gasteiger partial charge is 0.0994 e. The zero-order valence-corrected chi connectivity index (χ0v) is 13.9. The van der Waals surface area contributed by atoms with Gasteiger partial charge in [-0.05, 0) is 17.5 Å². The fourth-order valence-corrected chi connectivity index (χ4v) is 2.22. The van der Waals surface area contributed by atoms with E-state index in [4.69, 9.17) is 9.47 Å². The maximum Gasteiger partial charge on any atom is 0.0994 e. The quantitative estimate of drug-likeness (QED) is 0.565. The summed E-state index contributed by atoms with van der Waals surface area (Å²) in [5.74, 6) is 0. The fraction of sp³-hybridized carbons (Fsp3) is 0.333. The highest BCUT2D eigenvalue weighted by Crippen LogP contribution is 2.08. The van der Waals surface area contributed by atoms with E-state index in [1.54, 1.807) is 0 Å². The zero-order valence-electron chi connectivity index (χ0n) is 13.9. The van der Waals surface area contributed by atoms with Gasteiger partial charge in [0.2, 0.25) is 0 Å². The van der Waals surface area contributed by atoms with Crippen LogP contribution in [0.3, 0.4) is 0 Å². The van der Waals surface area contributed by atoms with Crippen molar-refractivity contribution in [3.63, 3.8) is 0 Å². The van der Waals surface area contributed by atoms with Crippen molar-refractivity contribution in [2.24, 2.45) is 0 Å². The molecule has 122 valence electrons. The lowest BCUT2D eigenvalue weighted by atomic mass is 10.2. The second kappa shape index (κ2) is 10.8. The molecule has 0 fully saturated rings. The van der Waals surface area contributed by atoms with Crippen molar-refractivity contribution in [2.75, 3.05) is 6.61 Å². The van der Waals surface area contributed by atoms with E-state index in [0.717, 1.165) is 12.8 Å². The SMILES string of the molecule is CCC/C=C\C(COCc1ccccc1)OCc1ccccc1. The number of hydrogen-bond donors (Lipinski definition) is 0. The third kappa shape index (κ3) is 7.27. The van der Waals surface area contributed by atoms with Gasteiger partial charge in [0.05, 0.1) is 25.9 Å². The molecule has 0 aliphatic carbocycles. The molecule has 2 heteroatoms. The van der Waals surface area contributed by atoms with Gasteiger partial charge in [0, 0.05) is 0 Å². The molecule has 0 heterocycles. The van der Waals surface area contributed by atoms with Crippen molar-refractivity contribution >= 4 is 0 Å². The van der Waals surface area contributed by atoms with E-state index in [1.807, 2.05) is 36.4 Å². The molecule has 0 N–H and O–H groups in total. The second-order valence-corrected chi connectivity index (χ2v) is 5.55. The fourth-order valence-electron chi connectivity index (χ4n) is 2.22. The number of benzene rings is 2. The van der Waals surface area contributed by atoms with Gasteiger partial charge in [-0.25, -0.2) is 0 Å². The summed E-state index contributed by atoms with van der Waals surface area (Å²) < 4.78 is 11.8. The Morgan fingerprint density at radius 3 is 2.09 bits per heavy atom. The van der Waals surface area contributed by atoms with E-state index in [2.05, 4.69) is 43.3 Å². The Kier molecular flexibility index (Phi) is 8.17. The van der Waals surface area contributed by atoms with Crippen LogP contribution < -0.4 is 0 Å². The van der Waals surface area contributed by atoms with Gasteiger partial charge in [-0.1, -0.05) is 86.2 Å². The maximum atomic E-state index is 6.00. The molecule has 0 saturated heterocycles. The Balaban J connectivity index is 1.81. The first kappa shape index (κ1) is 17.5. The Morgan fingerprint density at radius 1 is 0.870 bits per heavy atom. The molecule has 0 radical (unpaired) electrons. The van der Waals surface area contributed by atoms with E-state index in [1.165, 1.54) is 11.1 Å². The molecule has 2 nitrogen and oxygen atoms in total. The molecule has 2 aromatic rings. The Labute approximate surface area is 139 Å². The number of rotatable bonds is 10. The molecule has 1 unspecified atom stereocenters. The topological polar surface area (TPSA) is 18.5 Å². The monoisotopic (exact) mass is 310 g/mol.